The van der Waals surface area contributed by atoms with Gasteiger partial charge < -0.3 is 19.8 Å². The largest absolute Gasteiger partial charge is 0.490 e. The lowest BCUT2D eigenvalue weighted by atomic mass is 9.83. The molecular formula is C38H39ClF7N5O5. The highest BCUT2D eigenvalue weighted by molar-refractivity contribution is 6.36. The number of alkyl halides is 6. The fraction of sp³-hybridized carbons (Fsp3) is 0.500. The van der Waals surface area contributed by atoms with Crippen LogP contribution in [0, 0.1) is 23.1 Å². The molecule has 4 fully saturated rings. The van der Waals surface area contributed by atoms with E-state index in [1.807, 2.05) is 36.4 Å². The maximum absolute atomic E-state index is 16.7. The number of aliphatic carboxylic acids is 2. The second kappa shape index (κ2) is 15.4. The molecule has 1 aliphatic carbocycles. The molecule has 2 aromatic carbocycles. The van der Waals surface area contributed by atoms with Gasteiger partial charge in [0.25, 0.3) is 0 Å². The Bertz CT molecular complexity index is 2090. The quantitative estimate of drug-likeness (QED) is 0.189. The number of hydrogen-bond acceptors (Lipinski definition) is 8. The Balaban J connectivity index is 0.000000326. The van der Waals surface area contributed by atoms with E-state index in [-0.39, 0.29) is 28.2 Å². The van der Waals surface area contributed by atoms with Crippen LogP contribution in [0.4, 0.5) is 36.6 Å². The van der Waals surface area contributed by atoms with Crippen LogP contribution in [-0.2, 0) is 9.59 Å². The number of anilines is 1. The Kier molecular flexibility index (Phi) is 11.3. The first-order valence-corrected chi connectivity index (χ1v) is 18.3. The standard InChI is InChI=1S/C34H37ClFN5O.2C2HF3O2/c1-33(2)18-34(12-5-13-41(34)19-33)20-42-32-38-30-25(31(39-32)40-16-21-10-11-22(14-21)17-40)15-37-29(28(30)36)24-8-3-6-23-7-4-9-26(35)27(23)24;2*3-2(4,5)1(6)7/h3-4,6-9,15,21-22H,5,10-14,16-20H2,1-2H3;2*(H,6,7). The number of fused-ring (bicyclic) bond motifs is 5. The molecule has 2 N–H and O–H groups in total. The van der Waals surface area contributed by atoms with Crippen molar-refractivity contribution >= 4 is 51.0 Å². The van der Waals surface area contributed by atoms with Crippen LogP contribution in [0.2, 0.25) is 5.02 Å². The summed E-state index contributed by atoms with van der Waals surface area (Å²) in [6.07, 6.45) is -1.28. The van der Waals surface area contributed by atoms with Gasteiger partial charge in [-0.3, -0.25) is 9.88 Å². The number of carbonyl (C=O) groups is 2. The molecule has 0 spiro atoms. The normalized spacial score (nSPS) is 22.9. The molecule has 0 radical (unpaired) electrons. The summed E-state index contributed by atoms with van der Waals surface area (Å²) in [5.74, 6) is -3.93. The topological polar surface area (TPSA) is 129 Å². The molecule has 8 rings (SSSR count). The van der Waals surface area contributed by atoms with Crippen molar-refractivity contribution in [1.82, 2.24) is 19.9 Å². The van der Waals surface area contributed by atoms with Crippen molar-refractivity contribution in [3.8, 4) is 17.3 Å². The highest BCUT2D eigenvalue weighted by atomic mass is 35.5. The summed E-state index contributed by atoms with van der Waals surface area (Å²) in [5, 5.41) is 17.2. The van der Waals surface area contributed by atoms with Gasteiger partial charge in [-0.05, 0) is 73.8 Å². The summed E-state index contributed by atoms with van der Waals surface area (Å²) in [4.78, 5) is 37.1. The molecule has 56 heavy (non-hydrogen) atoms. The first-order chi connectivity index (χ1) is 26.2. The number of aromatic nitrogens is 3. The number of ether oxygens (including phenoxy) is 1. The van der Waals surface area contributed by atoms with Crippen molar-refractivity contribution in [2.45, 2.75) is 70.3 Å². The van der Waals surface area contributed by atoms with Crippen LogP contribution in [0.3, 0.4) is 0 Å². The third-order valence-corrected chi connectivity index (χ3v) is 11.1. The third kappa shape index (κ3) is 8.72. The molecule has 10 nitrogen and oxygen atoms in total. The maximum atomic E-state index is 16.7. The number of halogens is 8. The van der Waals surface area contributed by atoms with E-state index < -0.39 is 30.1 Å². The zero-order valence-electron chi connectivity index (χ0n) is 30.4. The number of rotatable bonds is 5. The lowest BCUT2D eigenvalue weighted by Gasteiger charge is -2.34. The second-order valence-corrected chi connectivity index (χ2v) is 16.0. The van der Waals surface area contributed by atoms with Crippen LogP contribution < -0.4 is 9.64 Å². The fourth-order valence-corrected chi connectivity index (χ4v) is 8.99. The average molecular weight is 814 g/mol. The van der Waals surface area contributed by atoms with E-state index in [9.17, 15) is 26.3 Å². The molecule has 4 aliphatic rings. The Labute approximate surface area is 321 Å². The minimum absolute atomic E-state index is 0.00609. The summed E-state index contributed by atoms with van der Waals surface area (Å²) in [5.41, 5.74) is 1.40. The highest BCUT2D eigenvalue weighted by Gasteiger charge is 2.52. The Morgan fingerprint density at radius 3 is 2.18 bits per heavy atom. The zero-order chi connectivity index (χ0) is 40.8. The number of hydrogen-bond donors (Lipinski definition) is 2. The van der Waals surface area contributed by atoms with E-state index in [1.54, 1.807) is 6.20 Å². The van der Waals surface area contributed by atoms with Gasteiger partial charge in [0.1, 0.15) is 23.6 Å². The van der Waals surface area contributed by atoms with E-state index in [0.29, 0.717) is 34.4 Å². The van der Waals surface area contributed by atoms with Gasteiger partial charge in [0.05, 0.1) is 10.9 Å². The van der Waals surface area contributed by atoms with Crippen LogP contribution in [0.25, 0.3) is 32.9 Å². The summed E-state index contributed by atoms with van der Waals surface area (Å²) in [6.45, 7) is 9.23. The number of benzene rings is 2. The summed E-state index contributed by atoms with van der Waals surface area (Å²) in [7, 11) is 0. The number of piperidine rings is 1. The predicted octanol–water partition coefficient (Wildman–Crippen LogP) is 8.78. The Hall–Kier alpha value is -4.51. The molecule has 3 unspecified atom stereocenters. The van der Waals surface area contributed by atoms with Crippen molar-refractivity contribution in [2.75, 3.05) is 37.7 Å². The first-order valence-electron chi connectivity index (χ1n) is 17.9. The molecule has 1 saturated carbocycles. The van der Waals surface area contributed by atoms with Crippen molar-refractivity contribution in [3.63, 3.8) is 0 Å². The van der Waals surface area contributed by atoms with Gasteiger partial charge in [-0.1, -0.05) is 55.8 Å². The molecule has 3 atom stereocenters. The van der Waals surface area contributed by atoms with Crippen molar-refractivity contribution in [1.29, 1.82) is 0 Å². The van der Waals surface area contributed by atoms with Gasteiger partial charge in [-0.15, -0.1) is 0 Å². The monoisotopic (exact) mass is 813 g/mol. The van der Waals surface area contributed by atoms with Crippen LogP contribution in [0.5, 0.6) is 6.01 Å². The molecule has 18 heteroatoms. The minimum atomic E-state index is -5.08. The summed E-state index contributed by atoms with van der Waals surface area (Å²) in [6, 6.07) is 11.8. The van der Waals surface area contributed by atoms with E-state index in [1.165, 1.54) is 25.7 Å². The molecule has 3 aliphatic heterocycles. The molecule has 2 aromatic heterocycles. The number of pyridine rings is 1. The van der Waals surface area contributed by atoms with Gasteiger partial charge in [0.15, 0.2) is 5.82 Å². The van der Waals surface area contributed by atoms with Gasteiger partial charge in [-0.2, -0.15) is 36.3 Å². The molecule has 2 bridgehead atoms. The van der Waals surface area contributed by atoms with Gasteiger partial charge in [0.2, 0.25) is 0 Å². The number of carboxylic acid groups (broad SMARTS) is 2. The zero-order valence-corrected chi connectivity index (χ0v) is 31.1. The van der Waals surface area contributed by atoms with Gasteiger partial charge in [0, 0.05) is 41.8 Å². The van der Waals surface area contributed by atoms with Crippen molar-refractivity contribution < 1.29 is 55.3 Å². The van der Waals surface area contributed by atoms with Crippen LogP contribution >= 0.6 is 11.6 Å². The molecular weight excluding hydrogens is 775 g/mol. The van der Waals surface area contributed by atoms with E-state index in [2.05, 4.69) is 28.6 Å². The van der Waals surface area contributed by atoms with Crippen molar-refractivity contribution in [3.05, 3.63) is 53.4 Å². The minimum Gasteiger partial charge on any atom is -0.475 e. The average Bonchev–Trinajstić information content (AvgIpc) is 3.74. The molecule has 3 saturated heterocycles. The molecule has 4 aromatic rings. The number of carboxylic acids is 2. The second-order valence-electron chi connectivity index (χ2n) is 15.6. The lowest BCUT2D eigenvalue weighted by Crippen LogP contribution is -2.43. The Morgan fingerprint density at radius 1 is 0.964 bits per heavy atom. The summed E-state index contributed by atoms with van der Waals surface area (Å²) < 4.78 is 86.6. The smallest absolute Gasteiger partial charge is 0.475 e. The lowest BCUT2D eigenvalue weighted by molar-refractivity contribution is -0.193. The van der Waals surface area contributed by atoms with Gasteiger partial charge in [-0.25, -0.2) is 14.0 Å². The molecule has 302 valence electrons. The predicted molar refractivity (Wildman–Crippen MR) is 193 cm³/mol. The molecule has 5 heterocycles. The SMILES string of the molecule is CC1(C)CN2CCCC2(COc2nc(N3CC4CCC(C4)C3)c3cnc(-c4cccc5cccc(Cl)c45)c(F)c3n2)C1.O=C(O)C(F)(F)F.O=C(O)C(F)(F)F. The number of nitrogens with zero attached hydrogens (tertiary/aromatic N) is 5. The first kappa shape index (κ1) is 41.1. The van der Waals surface area contributed by atoms with E-state index >= 15 is 4.39 Å². The van der Waals surface area contributed by atoms with Crippen LogP contribution in [-0.4, -0.2) is 92.7 Å². The Morgan fingerprint density at radius 2 is 1.57 bits per heavy atom. The van der Waals surface area contributed by atoms with E-state index in [4.69, 9.17) is 46.1 Å². The summed E-state index contributed by atoms with van der Waals surface area (Å²) >= 11 is 6.63. The van der Waals surface area contributed by atoms with Gasteiger partial charge >= 0.3 is 30.3 Å². The third-order valence-electron chi connectivity index (χ3n) is 10.8. The van der Waals surface area contributed by atoms with E-state index in [0.717, 1.165) is 55.6 Å². The highest BCUT2D eigenvalue weighted by Crippen LogP contribution is 2.48. The van der Waals surface area contributed by atoms with Crippen molar-refractivity contribution in [2.24, 2.45) is 17.3 Å². The molecule has 0 amide bonds. The fourth-order valence-electron chi connectivity index (χ4n) is 8.71. The maximum Gasteiger partial charge on any atom is 0.490 e. The van der Waals surface area contributed by atoms with Crippen LogP contribution in [0.15, 0.2) is 42.6 Å². The van der Waals surface area contributed by atoms with Crippen LogP contribution in [0.1, 0.15) is 52.4 Å².